The Morgan fingerprint density at radius 3 is 2.08 bits per heavy atom. The van der Waals surface area contributed by atoms with Crippen LogP contribution >= 0.6 is 0 Å². The van der Waals surface area contributed by atoms with Crippen molar-refractivity contribution in [2.45, 2.75) is 6.92 Å². The highest BCUT2D eigenvalue weighted by Crippen LogP contribution is 2.34. The van der Waals surface area contributed by atoms with Crippen LogP contribution in [0.15, 0.2) is 78.9 Å². The maximum absolute atomic E-state index is 4.85. The number of nitrogens with zero attached hydrogens (tertiary/aromatic N) is 2. The summed E-state index contributed by atoms with van der Waals surface area (Å²) in [6.45, 7) is 2.05. The van der Waals surface area contributed by atoms with E-state index in [1.807, 2.05) is 12.1 Å². The fourth-order valence-electron chi connectivity index (χ4n) is 3.59. The molecule has 0 saturated heterocycles. The van der Waals surface area contributed by atoms with Gasteiger partial charge in [0.05, 0.1) is 5.52 Å². The maximum Gasteiger partial charge on any atom is 0.160 e. The fourth-order valence-corrected chi connectivity index (χ4v) is 3.59. The van der Waals surface area contributed by atoms with E-state index < -0.39 is 0 Å². The van der Waals surface area contributed by atoms with Crippen molar-refractivity contribution in [3.8, 4) is 11.4 Å². The SMILES string of the molecule is Cc1nc(-c2cc3ccccc3c3ccccc23)nc2ccccc12. The van der Waals surface area contributed by atoms with Gasteiger partial charge in [-0.1, -0.05) is 66.7 Å². The van der Waals surface area contributed by atoms with Crippen molar-refractivity contribution in [3.63, 3.8) is 0 Å². The van der Waals surface area contributed by atoms with Gasteiger partial charge in [0.1, 0.15) is 0 Å². The number of benzene rings is 4. The van der Waals surface area contributed by atoms with E-state index in [1.165, 1.54) is 21.5 Å². The van der Waals surface area contributed by atoms with E-state index in [4.69, 9.17) is 9.97 Å². The molecule has 5 rings (SSSR count). The van der Waals surface area contributed by atoms with Crippen LogP contribution in [0, 0.1) is 6.92 Å². The average Bonchev–Trinajstić information content (AvgIpc) is 2.67. The number of para-hydroxylation sites is 1. The predicted molar refractivity (Wildman–Crippen MR) is 105 cm³/mol. The molecule has 0 bridgehead atoms. The van der Waals surface area contributed by atoms with Crippen LogP contribution in [-0.2, 0) is 0 Å². The molecule has 2 nitrogen and oxygen atoms in total. The summed E-state index contributed by atoms with van der Waals surface area (Å²) >= 11 is 0. The summed E-state index contributed by atoms with van der Waals surface area (Å²) < 4.78 is 0. The van der Waals surface area contributed by atoms with Gasteiger partial charge in [0, 0.05) is 16.6 Å². The van der Waals surface area contributed by atoms with Gasteiger partial charge in [0.15, 0.2) is 5.82 Å². The van der Waals surface area contributed by atoms with Gasteiger partial charge in [-0.15, -0.1) is 0 Å². The summed E-state index contributed by atoms with van der Waals surface area (Å²) in [4.78, 5) is 9.67. The van der Waals surface area contributed by atoms with Crippen LogP contribution in [0.25, 0.3) is 43.8 Å². The molecule has 0 radical (unpaired) electrons. The van der Waals surface area contributed by atoms with E-state index in [0.29, 0.717) is 0 Å². The van der Waals surface area contributed by atoms with Gasteiger partial charge in [-0.3, -0.25) is 0 Å². The molecule has 0 aliphatic carbocycles. The first-order valence-electron chi connectivity index (χ1n) is 8.45. The molecule has 0 aliphatic heterocycles. The third kappa shape index (κ3) is 2.18. The van der Waals surface area contributed by atoms with E-state index in [-0.39, 0.29) is 0 Å². The molecule has 0 spiro atoms. The first kappa shape index (κ1) is 14.1. The number of aryl methyl sites for hydroxylation is 1. The van der Waals surface area contributed by atoms with Gasteiger partial charge in [-0.25, -0.2) is 9.97 Å². The lowest BCUT2D eigenvalue weighted by atomic mass is 9.96. The molecule has 0 aliphatic rings. The van der Waals surface area contributed by atoms with Crippen molar-refractivity contribution in [3.05, 3.63) is 84.6 Å². The monoisotopic (exact) mass is 320 g/mol. The second-order valence-electron chi connectivity index (χ2n) is 6.34. The number of aromatic nitrogens is 2. The molecule has 25 heavy (non-hydrogen) atoms. The smallest absolute Gasteiger partial charge is 0.160 e. The Balaban J connectivity index is 1.91. The molecule has 2 heteroatoms. The Morgan fingerprint density at radius 1 is 0.600 bits per heavy atom. The summed E-state index contributed by atoms with van der Waals surface area (Å²) in [6.07, 6.45) is 0. The zero-order chi connectivity index (χ0) is 16.8. The minimum atomic E-state index is 0.790. The minimum absolute atomic E-state index is 0.790. The zero-order valence-electron chi connectivity index (χ0n) is 13.9. The molecule has 0 saturated carbocycles. The second-order valence-corrected chi connectivity index (χ2v) is 6.34. The normalized spacial score (nSPS) is 11.4. The highest BCUT2D eigenvalue weighted by Gasteiger charge is 2.12. The number of rotatable bonds is 1. The molecular weight excluding hydrogens is 304 g/mol. The third-order valence-corrected chi connectivity index (χ3v) is 4.80. The van der Waals surface area contributed by atoms with Gasteiger partial charge in [-0.2, -0.15) is 0 Å². The Hall–Kier alpha value is -3.26. The van der Waals surface area contributed by atoms with Crippen molar-refractivity contribution < 1.29 is 0 Å². The average molecular weight is 320 g/mol. The van der Waals surface area contributed by atoms with Crippen LogP contribution in [0.4, 0.5) is 0 Å². The van der Waals surface area contributed by atoms with Crippen LogP contribution in [0.2, 0.25) is 0 Å². The standard InChI is InChI=1S/C23H16N2/c1-15-17-9-6-7-13-22(17)25-23(24-15)21-14-16-8-2-3-10-18(16)19-11-4-5-12-20(19)21/h2-14H,1H3. The topological polar surface area (TPSA) is 25.8 Å². The summed E-state index contributed by atoms with van der Waals surface area (Å²) in [5.74, 6) is 0.790. The van der Waals surface area contributed by atoms with Crippen molar-refractivity contribution in [2.75, 3.05) is 0 Å². The van der Waals surface area contributed by atoms with Gasteiger partial charge in [0.25, 0.3) is 0 Å². The van der Waals surface area contributed by atoms with Crippen LogP contribution < -0.4 is 0 Å². The first-order valence-corrected chi connectivity index (χ1v) is 8.45. The molecule has 5 aromatic rings. The molecule has 0 fully saturated rings. The van der Waals surface area contributed by atoms with Crippen molar-refractivity contribution in [1.82, 2.24) is 9.97 Å². The Bertz CT molecular complexity index is 1260. The molecule has 0 unspecified atom stereocenters. The predicted octanol–water partition coefficient (Wildman–Crippen LogP) is 5.91. The summed E-state index contributed by atoms with van der Waals surface area (Å²) in [6, 6.07) is 27.4. The molecule has 0 amide bonds. The molecule has 1 heterocycles. The van der Waals surface area contributed by atoms with E-state index in [9.17, 15) is 0 Å². The zero-order valence-corrected chi connectivity index (χ0v) is 13.9. The molecule has 0 atom stereocenters. The molecule has 118 valence electrons. The first-order chi connectivity index (χ1) is 12.3. The highest BCUT2D eigenvalue weighted by atomic mass is 14.9. The lowest BCUT2D eigenvalue weighted by Crippen LogP contribution is -1.95. The number of fused-ring (bicyclic) bond motifs is 4. The minimum Gasteiger partial charge on any atom is -0.233 e. The maximum atomic E-state index is 4.85. The van der Waals surface area contributed by atoms with Crippen molar-refractivity contribution in [2.24, 2.45) is 0 Å². The summed E-state index contributed by atoms with van der Waals surface area (Å²) in [5, 5.41) is 6.02. The number of hydrogen-bond donors (Lipinski definition) is 0. The van der Waals surface area contributed by atoms with Crippen LogP contribution in [0.1, 0.15) is 5.69 Å². The molecular formula is C23H16N2. The Labute approximate surface area is 145 Å². The Kier molecular flexibility index (Phi) is 3.04. The summed E-state index contributed by atoms with van der Waals surface area (Å²) in [7, 11) is 0. The van der Waals surface area contributed by atoms with Gasteiger partial charge >= 0.3 is 0 Å². The molecule has 0 N–H and O–H groups in total. The van der Waals surface area contributed by atoms with Crippen molar-refractivity contribution >= 4 is 32.4 Å². The molecule has 4 aromatic carbocycles. The van der Waals surface area contributed by atoms with Gasteiger partial charge in [-0.05, 0) is 40.6 Å². The third-order valence-electron chi connectivity index (χ3n) is 4.80. The lowest BCUT2D eigenvalue weighted by molar-refractivity contribution is 1.16. The van der Waals surface area contributed by atoms with E-state index >= 15 is 0 Å². The van der Waals surface area contributed by atoms with Crippen LogP contribution in [-0.4, -0.2) is 9.97 Å². The summed E-state index contributed by atoms with van der Waals surface area (Å²) in [5.41, 5.74) is 3.09. The van der Waals surface area contributed by atoms with Gasteiger partial charge in [0.2, 0.25) is 0 Å². The Morgan fingerprint density at radius 2 is 1.24 bits per heavy atom. The van der Waals surface area contributed by atoms with E-state index in [1.54, 1.807) is 0 Å². The lowest BCUT2D eigenvalue weighted by Gasteiger charge is -2.11. The number of hydrogen-bond acceptors (Lipinski definition) is 2. The highest BCUT2D eigenvalue weighted by molar-refractivity contribution is 6.13. The van der Waals surface area contributed by atoms with Crippen LogP contribution in [0.3, 0.4) is 0 Å². The quantitative estimate of drug-likeness (QED) is 0.359. The second kappa shape index (κ2) is 5.38. The largest absolute Gasteiger partial charge is 0.233 e. The van der Waals surface area contributed by atoms with Crippen LogP contribution in [0.5, 0.6) is 0 Å². The molecule has 1 aromatic heterocycles. The van der Waals surface area contributed by atoms with Gasteiger partial charge < -0.3 is 0 Å². The van der Waals surface area contributed by atoms with E-state index in [2.05, 4.69) is 73.7 Å². The van der Waals surface area contributed by atoms with E-state index in [0.717, 1.165) is 28.0 Å². The van der Waals surface area contributed by atoms with Crippen molar-refractivity contribution in [1.29, 1.82) is 0 Å². The fraction of sp³-hybridized carbons (Fsp3) is 0.0435.